The maximum Gasteiger partial charge on any atom is 0.00861 e. The van der Waals surface area contributed by atoms with Gasteiger partial charge in [0.05, 0.1) is 0 Å². The molecular formula is C7H11. The Bertz CT molecular complexity index is 56.9. The van der Waals surface area contributed by atoms with Crippen molar-refractivity contribution in [2.24, 2.45) is 0 Å². The van der Waals surface area contributed by atoms with Crippen LogP contribution in [0.1, 0.15) is 26.2 Å². The molecule has 0 aromatic carbocycles. The van der Waals surface area contributed by atoms with Crippen LogP contribution >= 0.6 is 0 Å². The third kappa shape index (κ3) is 5.56. The van der Waals surface area contributed by atoms with Crippen LogP contribution in [0, 0.1) is 18.8 Å². The molecule has 0 rings (SSSR count). The molecule has 0 aromatic rings. The van der Waals surface area contributed by atoms with Crippen LogP contribution in [0.15, 0.2) is 0 Å². The molecule has 0 N–H and O–H groups in total. The quantitative estimate of drug-likeness (QED) is 0.371. The first-order valence-electron chi connectivity index (χ1n) is 2.63. The van der Waals surface area contributed by atoms with E-state index in [1.807, 2.05) is 0 Å². The molecule has 7 heavy (non-hydrogen) atoms. The fourth-order valence-corrected chi connectivity index (χ4v) is 0.408. The maximum atomic E-state index is 5.01. The van der Waals surface area contributed by atoms with Crippen molar-refractivity contribution in [2.45, 2.75) is 26.2 Å². The highest BCUT2D eigenvalue weighted by atomic mass is 13.8. The van der Waals surface area contributed by atoms with Gasteiger partial charge in [-0.1, -0.05) is 6.92 Å². The number of unbranched alkanes of at least 4 members (excludes halogenated alkanes) is 3. The molecule has 0 amide bonds. The van der Waals surface area contributed by atoms with Crippen LogP contribution in [-0.4, -0.2) is 0 Å². The van der Waals surface area contributed by atoms with E-state index in [9.17, 15) is 0 Å². The van der Waals surface area contributed by atoms with E-state index in [2.05, 4.69) is 19.3 Å². The Kier molecular flexibility index (Phi) is 5.21. The van der Waals surface area contributed by atoms with Gasteiger partial charge in [-0.05, 0) is 19.3 Å². The van der Waals surface area contributed by atoms with E-state index in [0.29, 0.717) is 0 Å². The Morgan fingerprint density at radius 3 is 2.86 bits per heavy atom. The first-order chi connectivity index (χ1) is 3.41. The van der Waals surface area contributed by atoms with E-state index in [0.717, 1.165) is 19.3 Å². The Morgan fingerprint density at radius 2 is 2.43 bits per heavy atom. The van der Waals surface area contributed by atoms with Crippen LogP contribution in [0.5, 0.6) is 0 Å². The summed E-state index contributed by atoms with van der Waals surface area (Å²) in [4.78, 5) is 0. The zero-order valence-electron chi connectivity index (χ0n) is 4.78. The Hall–Kier alpha value is -0.440. The van der Waals surface area contributed by atoms with E-state index in [1.54, 1.807) is 0 Å². The first-order valence-corrected chi connectivity index (χ1v) is 2.63. The lowest BCUT2D eigenvalue weighted by molar-refractivity contribution is 0.842. The van der Waals surface area contributed by atoms with Gasteiger partial charge in [-0.15, -0.1) is 12.3 Å². The molecule has 0 fully saturated rings. The zero-order chi connectivity index (χ0) is 5.54. The highest BCUT2D eigenvalue weighted by Crippen LogP contribution is 1.94. The smallest absolute Gasteiger partial charge is 0.00861 e. The van der Waals surface area contributed by atoms with Gasteiger partial charge in [0.1, 0.15) is 0 Å². The minimum absolute atomic E-state index is 0.921. The normalized spacial score (nSPS) is 8.00. The van der Waals surface area contributed by atoms with Gasteiger partial charge in [-0.3, -0.25) is 0 Å². The molecule has 0 aromatic heterocycles. The van der Waals surface area contributed by atoms with E-state index in [1.165, 1.54) is 0 Å². The molecule has 0 unspecified atom stereocenters. The molecule has 39 valence electrons. The van der Waals surface area contributed by atoms with Crippen LogP contribution in [0.25, 0.3) is 0 Å². The number of terminal acetylenes is 1. The van der Waals surface area contributed by atoms with Crippen LogP contribution < -0.4 is 0 Å². The van der Waals surface area contributed by atoms with Crippen molar-refractivity contribution >= 4 is 0 Å². The third-order valence-electron chi connectivity index (χ3n) is 0.814. The predicted octanol–water partition coefficient (Wildman–Crippen LogP) is 2.01. The zero-order valence-corrected chi connectivity index (χ0v) is 4.78. The summed E-state index contributed by atoms with van der Waals surface area (Å²) in [5.74, 6) is 2.58. The maximum absolute atomic E-state index is 5.01. The lowest BCUT2D eigenvalue weighted by atomic mass is 10.2. The van der Waals surface area contributed by atoms with Gasteiger partial charge in [0.2, 0.25) is 0 Å². The summed E-state index contributed by atoms with van der Waals surface area (Å²) >= 11 is 0. The van der Waals surface area contributed by atoms with Gasteiger partial charge in [0.15, 0.2) is 0 Å². The molecule has 0 spiro atoms. The average molecular weight is 95.2 g/mol. The van der Waals surface area contributed by atoms with Gasteiger partial charge in [-0.25, -0.2) is 0 Å². The minimum atomic E-state index is 0.921. The highest BCUT2D eigenvalue weighted by Gasteiger charge is 1.78. The van der Waals surface area contributed by atoms with Crippen LogP contribution in [-0.2, 0) is 0 Å². The van der Waals surface area contributed by atoms with E-state index >= 15 is 0 Å². The van der Waals surface area contributed by atoms with Gasteiger partial charge in [0.25, 0.3) is 0 Å². The molecule has 0 nitrogen and oxygen atoms in total. The average Bonchev–Trinajstić information content (AvgIpc) is 1.69. The molecule has 0 heterocycles. The van der Waals surface area contributed by atoms with Crippen molar-refractivity contribution in [3.05, 3.63) is 6.42 Å². The molecule has 0 atom stereocenters. The molecule has 0 saturated heterocycles. The molecule has 0 aliphatic carbocycles. The van der Waals surface area contributed by atoms with Crippen molar-refractivity contribution in [3.8, 4) is 12.3 Å². The second kappa shape index (κ2) is 5.56. The van der Waals surface area contributed by atoms with Crippen molar-refractivity contribution < 1.29 is 0 Å². The van der Waals surface area contributed by atoms with Crippen molar-refractivity contribution in [3.63, 3.8) is 0 Å². The standard InChI is InChI=1S/C7H11/c1-3-5-7-6-4-2/h1,4H,5-7H2,2H3. The topological polar surface area (TPSA) is 0 Å². The Labute approximate surface area is 45.9 Å². The van der Waals surface area contributed by atoms with E-state index < -0.39 is 0 Å². The highest BCUT2D eigenvalue weighted by molar-refractivity contribution is 4.83. The van der Waals surface area contributed by atoms with Crippen LogP contribution in [0.4, 0.5) is 0 Å². The summed E-state index contributed by atoms with van der Waals surface area (Å²) in [5, 5.41) is 0. The second-order valence-corrected chi connectivity index (χ2v) is 1.50. The molecule has 0 bridgehead atoms. The SMILES string of the molecule is C#CCCC[CH]C. The summed E-state index contributed by atoms with van der Waals surface area (Å²) in [5.41, 5.74) is 0. The Balaban J connectivity index is 2.60. The number of rotatable bonds is 3. The number of hydrogen-bond acceptors (Lipinski definition) is 0. The summed E-state index contributed by atoms with van der Waals surface area (Å²) < 4.78 is 0. The molecular weight excluding hydrogens is 84.1 g/mol. The number of hydrogen-bond donors (Lipinski definition) is 0. The summed E-state index contributed by atoms with van der Waals surface area (Å²) in [6, 6.07) is 0. The summed E-state index contributed by atoms with van der Waals surface area (Å²) in [6.45, 7) is 2.05. The molecule has 0 saturated carbocycles. The third-order valence-corrected chi connectivity index (χ3v) is 0.814. The Morgan fingerprint density at radius 1 is 1.71 bits per heavy atom. The van der Waals surface area contributed by atoms with Crippen molar-refractivity contribution in [2.75, 3.05) is 0 Å². The fraction of sp³-hybridized carbons (Fsp3) is 0.571. The summed E-state index contributed by atoms with van der Waals surface area (Å²) in [7, 11) is 0. The fourth-order valence-electron chi connectivity index (χ4n) is 0.408. The van der Waals surface area contributed by atoms with Crippen LogP contribution in [0.2, 0.25) is 0 Å². The van der Waals surface area contributed by atoms with Gasteiger partial charge < -0.3 is 0 Å². The lowest BCUT2D eigenvalue weighted by Crippen LogP contribution is -1.69. The van der Waals surface area contributed by atoms with Gasteiger partial charge in [-0.2, -0.15) is 0 Å². The van der Waals surface area contributed by atoms with Crippen molar-refractivity contribution in [1.82, 2.24) is 0 Å². The molecule has 0 heteroatoms. The lowest BCUT2D eigenvalue weighted by Gasteiger charge is -1.85. The second-order valence-electron chi connectivity index (χ2n) is 1.50. The predicted molar refractivity (Wildman–Crippen MR) is 32.7 cm³/mol. The van der Waals surface area contributed by atoms with E-state index in [4.69, 9.17) is 6.42 Å². The van der Waals surface area contributed by atoms with Gasteiger partial charge in [0, 0.05) is 6.42 Å². The monoisotopic (exact) mass is 95.1 g/mol. The minimum Gasteiger partial charge on any atom is -0.120 e. The summed E-state index contributed by atoms with van der Waals surface area (Å²) in [6.07, 6.45) is 10.4. The van der Waals surface area contributed by atoms with Crippen LogP contribution in [0.3, 0.4) is 0 Å². The van der Waals surface area contributed by atoms with E-state index in [-0.39, 0.29) is 0 Å². The van der Waals surface area contributed by atoms with Gasteiger partial charge >= 0.3 is 0 Å². The first kappa shape index (κ1) is 6.56. The largest absolute Gasteiger partial charge is 0.120 e. The molecule has 0 aliphatic heterocycles. The molecule has 0 aliphatic rings. The molecule has 1 radical (unpaired) electrons. The van der Waals surface area contributed by atoms with Crippen molar-refractivity contribution in [1.29, 1.82) is 0 Å².